The number of carbonyl (C=O) groups excluding carboxylic acids is 1. The number of anilines is 1. The Morgan fingerprint density at radius 1 is 1.12 bits per heavy atom. The lowest BCUT2D eigenvalue weighted by atomic mass is 10.2. The lowest BCUT2D eigenvalue weighted by molar-refractivity contribution is 0.0548. The number of halogens is 3. The lowest BCUT2D eigenvalue weighted by Gasteiger charge is -2.34. The molecule has 10 heteroatoms. The SMILES string of the molecule is O=C(Nc1cc(F)c(F)c(F)c1)c1cccc(S(=O)(=O)N2CC(O)C2)c1. The number of sulfonamides is 1. The van der Waals surface area contributed by atoms with Crippen molar-refractivity contribution >= 4 is 21.6 Å². The van der Waals surface area contributed by atoms with Gasteiger partial charge in [-0.3, -0.25) is 4.79 Å². The van der Waals surface area contributed by atoms with Gasteiger partial charge in [-0.2, -0.15) is 4.31 Å². The van der Waals surface area contributed by atoms with E-state index in [2.05, 4.69) is 5.32 Å². The molecule has 1 fully saturated rings. The molecular weight excluding hydrogens is 373 g/mol. The molecule has 0 spiro atoms. The van der Waals surface area contributed by atoms with Gasteiger partial charge in [-0.05, 0) is 18.2 Å². The van der Waals surface area contributed by atoms with E-state index >= 15 is 0 Å². The van der Waals surface area contributed by atoms with Crippen molar-refractivity contribution in [3.05, 3.63) is 59.4 Å². The summed E-state index contributed by atoms with van der Waals surface area (Å²) in [7, 11) is -3.86. The maximum atomic E-state index is 13.2. The Labute approximate surface area is 146 Å². The highest BCUT2D eigenvalue weighted by molar-refractivity contribution is 7.89. The molecule has 26 heavy (non-hydrogen) atoms. The number of benzene rings is 2. The number of aliphatic hydroxyl groups excluding tert-OH is 1. The molecule has 0 radical (unpaired) electrons. The monoisotopic (exact) mass is 386 g/mol. The van der Waals surface area contributed by atoms with Crippen molar-refractivity contribution in [3.8, 4) is 0 Å². The topological polar surface area (TPSA) is 86.7 Å². The molecule has 138 valence electrons. The van der Waals surface area contributed by atoms with E-state index in [1.54, 1.807) is 0 Å². The molecule has 0 aliphatic carbocycles. The summed E-state index contributed by atoms with van der Waals surface area (Å²) in [5, 5.41) is 11.4. The van der Waals surface area contributed by atoms with Gasteiger partial charge in [-0.15, -0.1) is 0 Å². The van der Waals surface area contributed by atoms with Gasteiger partial charge in [0.1, 0.15) is 0 Å². The van der Waals surface area contributed by atoms with Gasteiger partial charge in [-0.25, -0.2) is 21.6 Å². The van der Waals surface area contributed by atoms with Crippen LogP contribution in [0.2, 0.25) is 0 Å². The summed E-state index contributed by atoms with van der Waals surface area (Å²) in [5.74, 6) is -5.41. The van der Waals surface area contributed by atoms with Crippen molar-refractivity contribution in [1.82, 2.24) is 4.31 Å². The summed E-state index contributed by atoms with van der Waals surface area (Å²) in [6, 6.07) is 6.26. The van der Waals surface area contributed by atoms with Gasteiger partial charge in [-0.1, -0.05) is 6.07 Å². The maximum absolute atomic E-state index is 13.2. The second-order valence-electron chi connectivity index (χ2n) is 5.71. The van der Waals surface area contributed by atoms with Crippen LogP contribution in [0.15, 0.2) is 41.3 Å². The van der Waals surface area contributed by atoms with Crippen molar-refractivity contribution in [2.45, 2.75) is 11.0 Å². The first-order valence-electron chi connectivity index (χ1n) is 7.42. The molecule has 1 heterocycles. The summed E-state index contributed by atoms with van der Waals surface area (Å²) in [4.78, 5) is 12.0. The van der Waals surface area contributed by atoms with Crippen LogP contribution in [-0.2, 0) is 10.0 Å². The second kappa shape index (κ2) is 6.71. The predicted molar refractivity (Wildman–Crippen MR) is 85.5 cm³/mol. The first-order valence-corrected chi connectivity index (χ1v) is 8.86. The molecule has 1 saturated heterocycles. The van der Waals surface area contributed by atoms with Crippen molar-refractivity contribution in [2.24, 2.45) is 0 Å². The van der Waals surface area contributed by atoms with Crippen LogP contribution in [-0.4, -0.2) is 42.9 Å². The van der Waals surface area contributed by atoms with E-state index in [4.69, 9.17) is 0 Å². The minimum atomic E-state index is -3.86. The van der Waals surface area contributed by atoms with Crippen molar-refractivity contribution in [2.75, 3.05) is 18.4 Å². The number of β-amino-alcohol motifs (C(OH)–C–C–N with tert-alkyl or cyclic N) is 1. The number of nitrogens with one attached hydrogen (secondary N) is 1. The van der Waals surface area contributed by atoms with Crippen molar-refractivity contribution in [3.63, 3.8) is 0 Å². The molecule has 2 N–H and O–H groups in total. The van der Waals surface area contributed by atoms with E-state index in [1.807, 2.05) is 0 Å². The molecular formula is C16H13F3N2O4S. The maximum Gasteiger partial charge on any atom is 0.255 e. The fourth-order valence-corrected chi connectivity index (χ4v) is 3.95. The van der Waals surface area contributed by atoms with E-state index in [0.717, 1.165) is 10.4 Å². The summed E-state index contributed by atoms with van der Waals surface area (Å²) in [6.07, 6.45) is -0.723. The molecule has 0 atom stereocenters. The zero-order valence-corrected chi connectivity index (χ0v) is 13.9. The molecule has 6 nitrogen and oxygen atoms in total. The van der Waals surface area contributed by atoms with Crippen LogP contribution in [0.4, 0.5) is 18.9 Å². The summed E-state index contributed by atoms with van der Waals surface area (Å²) < 4.78 is 65.1. The van der Waals surface area contributed by atoms with E-state index in [-0.39, 0.29) is 29.2 Å². The van der Waals surface area contributed by atoms with Gasteiger partial charge >= 0.3 is 0 Å². The van der Waals surface area contributed by atoms with Gasteiger partial charge < -0.3 is 10.4 Å². The Balaban J connectivity index is 1.83. The summed E-state index contributed by atoms with van der Waals surface area (Å²) in [6.45, 7) is -0.0697. The zero-order chi connectivity index (χ0) is 19.1. The fraction of sp³-hybridized carbons (Fsp3) is 0.188. The van der Waals surface area contributed by atoms with E-state index in [0.29, 0.717) is 12.1 Å². The van der Waals surface area contributed by atoms with Crippen LogP contribution in [0.1, 0.15) is 10.4 Å². The number of nitrogens with zero attached hydrogens (tertiary/aromatic N) is 1. The molecule has 2 aromatic rings. The number of rotatable bonds is 4. The minimum Gasteiger partial charge on any atom is -0.390 e. The van der Waals surface area contributed by atoms with Crippen LogP contribution < -0.4 is 5.32 Å². The predicted octanol–water partition coefficient (Wildman–Crippen LogP) is 1.72. The number of aliphatic hydroxyl groups is 1. The third-order valence-electron chi connectivity index (χ3n) is 3.80. The molecule has 0 bridgehead atoms. The largest absolute Gasteiger partial charge is 0.390 e. The Bertz CT molecular complexity index is 952. The van der Waals surface area contributed by atoms with Gasteiger partial charge in [0.2, 0.25) is 10.0 Å². The third-order valence-corrected chi connectivity index (χ3v) is 5.63. The lowest BCUT2D eigenvalue weighted by Crippen LogP contribution is -2.53. The number of hydrogen-bond acceptors (Lipinski definition) is 4. The molecule has 2 aromatic carbocycles. The highest BCUT2D eigenvalue weighted by Gasteiger charge is 2.35. The Morgan fingerprint density at radius 3 is 2.31 bits per heavy atom. The molecule has 0 saturated carbocycles. The van der Waals surface area contributed by atoms with Crippen LogP contribution in [0.25, 0.3) is 0 Å². The van der Waals surface area contributed by atoms with E-state index < -0.39 is 39.5 Å². The normalized spacial score (nSPS) is 15.5. The second-order valence-corrected chi connectivity index (χ2v) is 7.65. The summed E-state index contributed by atoms with van der Waals surface area (Å²) in [5.41, 5.74) is -0.386. The van der Waals surface area contributed by atoms with Crippen LogP contribution >= 0.6 is 0 Å². The quantitative estimate of drug-likeness (QED) is 0.784. The van der Waals surface area contributed by atoms with Gasteiger partial charge in [0.25, 0.3) is 5.91 Å². The molecule has 0 unspecified atom stereocenters. The smallest absolute Gasteiger partial charge is 0.255 e. The van der Waals surface area contributed by atoms with Crippen molar-refractivity contribution in [1.29, 1.82) is 0 Å². The van der Waals surface area contributed by atoms with E-state index in [1.165, 1.54) is 18.2 Å². The van der Waals surface area contributed by atoms with Gasteiger partial charge in [0.15, 0.2) is 17.5 Å². The van der Waals surface area contributed by atoms with Crippen LogP contribution in [0.5, 0.6) is 0 Å². The minimum absolute atomic E-state index is 0.0348. The van der Waals surface area contributed by atoms with Crippen LogP contribution in [0.3, 0.4) is 0 Å². The standard InChI is InChI=1S/C16H13F3N2O4S/c17-13-5-10(6-14(18)15(13)19)20-16(23)9-2-1-3-12(4-9)26(24,25)21-7-11(22)8-21/h1-6,11,22H,7-8H2,(H,20,23). The fourth-order valence-electron chi connectivity index (χ4n) is 2.39. The molecule has 1 aliphatic heterocycles. The van der Waals surface area contributed by atoms with Gasteiger partial charge in [0.05, 0.1) is 11.0 Å². The number of hydrogen-bond donors (Lipinski definition) is 2. The Hall–Kier alpha value is -2.43. The molecule has 3 rings (SSSR count). The van der Waals surface area contributed by atoms with Crippen LogP contribution in [0, 0.1) is 17.5 Å². The Morgan fingerprint density at radius 2 is 1.73 bits per heavy atom. The third kappa shape index (κ3) is 3.43. The summed E-state index contributed by atoms with van der Waals surface area (Å²) >= 11 is 0. The molecule has 0 aromatic heterocycles. The highest BCUT2D eigenvalue weighted by Crippen LogP contribution is 2.23. The average molecular weight is 386 g/mol. The first kappa shape index (κ1) is 18.4. The highest BCUT2D eigenvalue weighted by atomic mass is 32.2. The Kier molecular flexibility index (Phi) is 4.74. The van der Waals surface area contributed by atoms with E-state index in [9.17, 15) is 31.5 Å². The first-order chi connectivity index (χ1) is 12.2. The van der Waals surface area contributed by atoms with Crippen molar-refractivity contribution < 1.29 is 31.5 Å². The average Bonchev–Trinajstić information content (AvgIpc) is 2.56. The molecule has 1 amide bonds. The number of amides is 1. The zero-order valence-electron chi connectivity index (χ0n) is 13.1. The molecule has 1 aliphatic rings. The number of carbonyl (C=O) groups is 1. The van der Waals surface area contributed by atoms with Gasteiger partial charge in [0, 0.05) is 36.5 Å².